The number of aromatic nitrogens is 4. The Morgan fingerprint density at radius 1 is 1.17 bits per heavy atom. The van der Waals surface area contributed by atoms with Gasteiger partial charge in [-0.1, -0.05) is 18.5 Å². The number of carbonyl (C=O) groups is 1. The lowest BCUT2D eigenvalue weighted by molar-refractivity contribution is -0.120. The normalized spacial score (nSPS) is 16.8. The molecule has 5 rings (SSSR count). The highest BCUT2D eigenvalue weighted by atomic mass is 35.5. The van der Waals surface area contributed by atoms with Crippen molar-refractivity contribution in [1.29, 1.82) is 0 Å². The van der Waals surface area contributed by atoms with Gasteiger partial charge in [-0.05, 0) is 74.9 Å². The zero-order valence-corrected chi connectivity index (χ0v) is 21.3. The number of aromatic amines is 1. The minimum absolute atomic E-state index is 0.236. The van der Waals surface area contributed by atoms with Gasteiger partial charge in [-0.25, -0.2) is 9.37 Å². The molecule has 3 aromatic rings. The predicted molar refractivity (Wildman–Crippen MR) is 139 cm³/mol. The van der Waals surface area contributed by atoms with Crippen molar-refractivity contribution in [3.63, 3.8) is 0 Å². The lowest BCUT2D eigenvalue weighted by Crippen LogP contribution is -2.36. The number of ketones is 1. The summed E-state index contributed by atoms with van der Waals surface area (Å²) < 4.78 is 15.1. The Morgan fingerprint density at radius 2 is 1.94 bits per heavy atom. The molecular formula is C26H31ClFN7O. The van der Waals surface area contributed by atoms with Gasteiger partial charge in [-0.3, -0.25) is 14.8 Å². The van der Waals surface area contributed by atoms with E-state index in [2.05, 4.69) is 35.7 Å². The number of nitrogens with one attached hydrogen (secondary N) is 3. The molecule has 0 radical (unpaired) electrons. The second-order valence-corrected chi connectivity index (χ2v) is 10.2. The first-order valence-electron chi connectivity index (χ1n) is 12.6. The lowest BCUT2D eigenvalue weighted by Gasteiger charge is -2.32. The summed E-state index contributed by atoms with van der Waals surface area (Å²) in [7, 11) is 0. The number of likely N-dealkylation sites (tertiary alicyclic amines) is 1. The number of Topliss-reactive ketones (excluding diaryl/α,β-unsaturated/α-hetero) is 1. The van der Waals surface area contributed by atoms with Crippen LogP contribution in [-0.2, 0) is 4.79 Å². The molecule has 2 fully saturated rings. The molecule has 2 aliphatic rings. The van der Waals surface area contributed by atoms with Crippen molar-refractivity contribution in [2.24, 2.45) is 0 Å². The highest BCUT2D eigenvalue weighted by Gasteiger charge is 2.26. The molecule has 36 heavy (non-hydrogen) atoms. The molecule has 0 unspecified atom stereocenters. The summed E-state index contributed by atoms with van der Waals surface area (Å²) in [5, 5.41) is 13.8. The van der Waals surface area contributed by atoms with Crippen molar-refractivity contribution in [2.75, 3.05) is 30.3 Å². The SMILES string of the molecule is CCC(=O)CN1CCC(c2cc(F)c(Nc3ncc(Cl)c(Nc4cc(C5CC5)[nH]n4)n3)cc2C)CC1. The number of aryl methyl sites for hydroxylation is 1. The molecule has 1 aromatic carbocycles. The number of H-pyrrole nitrogens is 1. The molecule has 0 amide bonds. The fourth-order valence-electron chi connectivity index (χ4n) is 4.76. The van der Waals surface area contributed by atoms with E-state index in [-0.39, 0.29) is 23.5 Å². The Hall–Kier alpha value is -3.04. The summed E-state index contributed by atoms with van der Waals surface area (Å²) in [6.07, 6.45) is 6.21. The van der Waals surface area contributed by atoms with Crippen LogP contribution in [0.5, 0.6) is 0 Å². The van der Waals surface area contributed by atoms with E-state index in [9.17, 15) is 4.79 Å². The average Bonchev–Trinajstić information content (AvgIpc) is 3.62. The molecule has 190 valence electrons. The summed E-state index contributed by atoms with van der Waals surface area (Å²) >= 11 is 6.29. The van der Waals surface area contributed by atoms with E-state index in [0.29, 0.717) is 41.2 Å². The van der Waals surface area contributed by atoms with Crippen LogP contribution in [0.3, 0.4) is 0 Å². The second kappa shape index (κ2) is 10.5. The standard InChI is InChI=1S/C26H31ClFN7O/c1-3-18(36)14-35-8-6-16(7-9-35)19-11-21(28)23(10-15(19)2)30-26-29-13-20(27)25(32-26)31-24-12-22(33-34-24)17-4-5-17/h10-13,16-17H,3-9,14H2,1-2H3,(H3,29,30,31,32,33,34). The van der Waals surface area contributed by atoms with Crippen molar-refractivity contribution in [3.05, 3.63) is 52.1 Å². The summed E-state index contributed by atoms with van der Waals surface area (Å²) in [6, 6.07) is 5.38. The summed E-state index contributed by atoms with van der Waals surface area (Å²) in [4.78, 5) is 22.6. The fourth-order valence-corrected chi connectivity index (χ4v) is 4.90. The van der Waals surface area contributed by atoms with Gasteiger partial charge in [0.15, 0.2) is 11.6 Å². The predicted octanol–water partition coefficient (Wildman–Crippen LogP) is 5.82. The van der Waals surface area contributed by atoms with Crippen LogP contribution in [0.1, 0.15) is 67.7 Å². The van der Waals surface area contributed by atoms with Gasteiger partial charge in [-0.15, -0.1) is 0 Å². The monoisotopic (exact) mass is 511 g/mol. The number of benzene rings is 1. The maximum atomic E-state index is 15.1. The third-order valence-electron chi connectivity index (χ3n) is 7.03. The Balaban J connectivity index is 1.26. The largest absolute Gasteiger partial charge is 0.322 e. The molecule has 0 atom stereocenters. The zero-order chi connectivity index (χ0) is 25.2. The first-order chi connectivity index (χ1) is 17.4. The Bertz CT molecular complexity index is 1250. The van der Waals surface area contributed by atoms with E-state index in [1.807, 2.05) is 19.9 Å². The topological polar surface area (TPSA) is 98.8 Å². The smallest absolute Gasteiger partial charge is 0.229 e. The lowest BCUT2D eigenvalue weighted by atomic mass is 9.86. The molecule has 3 N–H and O–H groups in total. The summed E-state index contributed by atoms with van der Waals surface area (Å²) in [5.41, 5.74) is 3.44. The van der Waals surface area contributed by atoms with E-state index >= 15 is 4.39 Å². The van der Waals surface area contributed by atoms with Crippen LogP contribution in [0.15, 0.2) is 24.4 Å². The van der Waals surface area contributed by atoms with Gasteiger partial charge in [0.1, 0.15) is 16.6 Å². The number of hydrogen-bond donors (Lipinski definition) is 3. The number of halogens is 2. The minimum atomic E-state index is -0.353. The Kier molecular flexibility index (Phi) is 7.20. The van der Waals surface area contributed by atoms with Crippen molar-refractivity contribution >= 4 is 40.7 Å². The molecule has 8 nitrogen and oxygen atoms in total. The van der Waals surface area contributed by atoms with Crippen molar-refractivity contribution in [2.45, 2.75) is 57.8 Å². The number of piperidine rings is 1. The molecule has 0 bridgehead atoms. The van der Waals surface area contributed by atoms with Crippen LogP contribution in [0.2, 0.25) is 5.02 Å². The number of rotatable bonds is 9. The molecule has 1 aliphatic carbocycles. The zero-order valence-electron chi connectivity index (χ0n) is 20.6. The summed E-state index contributed by atoms with van der Waals surface area (Å²) in [6.45, 7) is 6.11. The van der Waals surface area contributed by atoms with Crippen LogP contribution in [-0.4, -0.2) is 50.5 Å². The Morgan fingerprint density at radius 3 is 2.67 bits per heavy atom. The van der Waals surface area contributed by atoms with Gasteiger partial charge in [0.2, 0.25) is 5.95 Å². The van der Waals surface area contributed by atoms with Gasteiger partial charge < -0.3 is 10.6 Å². The maximum Gasteiger partial charge on any atom is 0.229 e. The number of nitrogens with zero attached hydrogens (tertiary/aromatic N) is 4. The van der Waals surface area contributed by atoms with E-state index in [1.165, 1.54) is 19.0 Å². The first kappa shape index (κ1) is 24.6. The molecule has 10 heteroatoms. The summed E-state index contributed by atoms with van der Waals surface area (Å²) in [5.74, 6) is 2.00. The molecule has 2 aromatic heterocycles. The number of carbonyl (C=O) groups excluding carboxylic acids is 1. The first-order valence-corrected chi connectivity index (χ1v) is 12.9. The van der Waals surface area contributed by atoms with E-state index in [1.54, 1.807) is 12.1 Å². The maximum absolute atomic E-state index is 15.1. The van der Waals surface area contributed by atoms with Crippen LogP contribution >= 0.6 is 11.6 Å². The molecule has 0 spiro atoms. The molecular weight excluding hydrogens is 481 g/mol. The third kappa shape index (κ3) is 5.68. The van der Waals surface area contributed by atoms with Gasteiger partial charge in [-0.2, -0.15) is 10.1 Å². The van der Waals surface area contributed by atoms with E-state index < -0.39 is 0 Å². The van der Waals surface area contributed by atoms with Crippen LogP contribution in [0, 0.1) is 12.7 Å². The minimum Gasteiger partial charge on any atom is -0.322 e. The quantitative estimate of drug-likeness (QED) is 0.332. The number of anilines is 4. The average molecular weight is 512 g/mol. The van der Waals surface area contributed by atoms with Crippen molar-refractivity contribution in [1.82, 2.24) is 25.1 Å². The molecule has 1 aliphatic heterocycles. The molecule has 1 saturated heterocycles. The fraction of sp³-hybridized carbons (Fsp3) is 0.462. The van der Waals surface area contributed by atoms with E-state index in [4.69, 9.17) is 11.6 Å². The van der Waals surface area contributed by atoms with Crippen LogP contribution in [0.4, 0.5) is 27.7 Å². The highest BCUT2D eigenvalue weighted by Crippen LogP contribution is 2.40. The van der Waals surface area contributed by atoms with Gasteiger partial charge in [0.05, 0.1) is 18.4 Å². The van der Waals surface area contributed by atoms with Gasteiger partial charge in [0.25, 0.3) is 0 Å². The van der Waals surface area contributed by atoms with Gasteiger partial charge in [0, 0.05) is 24.1 Å². The highest BCUT2D eigenvalue weighted by molar-refractivity contribution is 6.32. The molecule has 3 heterocycles. The van der Waals surface area contributed by atoms with Crippen LogP contribution < -0.4 is 10.6 Å². The number of hydrogen-bond acceptors (Lipinski definition) is 7. The second-order valence-electron chi connectivity index (χ2n) is 9.75. The van der Waals surface area contributed by atoms with Crippen molar-refractivity contribution in [3.8, 4) is 0 Å². The third-order valence-corrected chi connectivity index (χ3v) is 7.31. The molecule has 1 saturated carbocycles. The van der Waals surface area contributed by atoms with Crippen LogP contribution in [0.25, 0.3) is 0 Å². The van der Waals surface area contributed by atoms with Crippen molar-refractivity contribution < 1.29 is 9.18 Å². The Labute approximate surface area is 215 Å². The van der Waals surface area contributed by atoms with E-state index in [0.717, 1.165) is 42.8 Å². The van der Waals surface area contributed by atoms with Gasteiger partial charge >= 0.3 is 0 Å².